The Labute approximate surface area is 184 Å². The highest BCUT2D eigenvalue weighted by Crippen LogP contribution is 2.43. The molecule has 0 bridgehead atoms. The number of carbonyl (C=O) groups is 2. The Hall–Kier alpha value is -2.86. The molecular formula is C25H31N3O3. The standard InChI is InChI=1S/C25H31N3O3/c1-4-12-26-25(30)27-14-21-24(22(16-31-3)28(21)23(29)15-27)19-10-8-18(9-11-19)20-7-5-6-17(2)13-20/h5-11,13,21-22,24H,4,12,14-16H2,1-3H3,(H,26,30)/t21-,22+,24-/m0/s1. The molecule has 6 heteroatoms. The van der Waals surface area contributed by atoms with Crippen LogP contribution in [0.4, 0.5) is 4.79 Å². The van der Waals surface area contributed by atoms with Crippen LogP contribution < -0.4 is 5.32 Å². The minimum Gasteiger partial charge on any atom is -0.383 e. The van der Waals surface area contributed by atoms with E-state index >= 15 is 0 Å². The summed E-state index contributed by atoms with van der Waals surface area (Å²) < 4.78 is 5.44. The predicted octanol–water partition coefficient (Wildman–Crippen LogP) is 3.41. The van der Waals surface area contributed by atoms with Crippen molar-refractivity contribution in [2.24, 2.45) is 0 Å². The van der Waals surface area contributed by atoms with Gasteiger partial charge in [0.05, 0.1) is 18.7 Å². The summed E-state index contributed by atoms with van der Waals surface area (Å²) in [5.41, 5.74) is 4.79. The Balaban J connectivity index is 1.55. The van der Waals surface area contributed by atoms with E-state index in [2.05, 4.69) is 60.8 Å². The van der Waals surface area contributed by atoms with Gasteiger partial charge in [0.25, 0.3) is 0 Å². The molecule has 6 nitrogen and oxygen atoms in total. The number of ether oxygens (including phenoxy) is 1. The van der Waals surface area contributed by atoms with Crippen LogP contribution in [0.3, 0.4) is 0 Å². The molecule has 0 saturated carbocycles. The summed E-state index contributed by atoms with van der Waals surface area (Å²) in [4.78, 5) is 28.9. The van der Waals surface area contributed by atoms with E-state index in [-0.39, 0.29) is 36.5 Å². The third-order valence-corrected chi connectivity index (χ3v) is 6.36. The van der Waals surface area contributed by atoms with Crippen molar-refractivity contribution in [1.29, 1.82) is 0 Å². The number of urea groups is 1. The van der Waals surface area contributed by atoms with Crippen LogP contribution in [0.2, 0.25) is 0 Å². The fourth-order valence-corrected chi connectivity index (χ4v) is 4.87. The Morgan fingerprint density at radius 3 is 2.61 bits per heavy atom. The summed E-state index contributed by atoms with van der Waals surface area (Å²) in [5, 5.41) is 2.89. The molecule has 3 amide bonds. The highest BCUT2D eigenvalue weighted by atomic mass is 16.5. The van der Waals surface area contributed by atoms with Crippen molar-refractivity contribution in [3.05, 3.63) is 59.7 Å². The Bertz CT molecular complexity index is 943. The van der Waals surface area contributed by atoms with Crippen LogP contribution in [0, 0.1) is 6.92 Å². The van der Waals surface area contributed by atoms with Crippen LogP contribution in [0.1, 0.15) is 30.4 Å². The molecule has 2 aromatic carbocycles. The van der Waals surface area contributed by atoms with Crippen molar-refractivity contribution in [3.63, 3.8) is 0 Å². The largest absolute Gasteiger partial charge is 0.383 e. The van der Waals surface area contributed by atoms with Gasteiger partial charge >= 0.3 is 6.03 Å². The Morgan fingerprint density at radius 1 is 1.16 bits per heavy atom. The Kier molecular flexibility index (Phi) is 6.28. The van der Waals surface area contributed by atoms with Crippen molar-refractivity contribution in [2.45, 2.75) is 38.3 Å². The van der Waals surface area contributed by atoms with E-state index < -0.39 is 0 Å². The van der Waals surface area contributed by atoms with Gasteiger partial charge in [-0.15, -0.1) is 0 Å². The van der Waals surface area contributed by atoms with Crippen LogP contribution >= 0.6 is 0 Å². The lowest BCUT2D eigenvalue weighted by Gasteiger charge is -2.59. The molecule has 0 unspecified atom stereocenters. The SMILES string of the molecule is CCCNC(=O)N1CC(=O)N2[C@H](COC)[C@@H](c3ccc(-c4cccc(C)c4)cc3)[C@@H]2C1. The molecule has 0 radical (unpaired) electrons. The maximum absolute atomic E-state index is 12.8. The van der Waals surface area contributed by atoms with E-state index in [4.69, 9.17) is 4.74 Å². The fraction of sp³-hybridized carbons (Fsp3) is 0.440. The van der Waals surface area contributed by atoms with Gasteiger partial charge in [-0.25, -0.2) is 4.79 Å². The molecule has 2 saturated heterocycles. The lowest BCUT2D eigenvalue weighted by atomic mass is 9.73. The molecule has 2 heterocycles. The molecular weight excluding hydrogens is 390 g/mol. The second kappa shape index (κ2) is 9.10. The minimum absolute atomic E-state index is 0.00224. The third kappa shape index (κ3) is 4.17. The van der Waals surface area contributed by atoms with Crippen molar-refractivity contribution in [1.82, 2.24) is 15.1 Å². The number of amides is 3. The topological polar surface area (TPSA) is 61.9 Å². The van der Waals surface area contributed by atoms with Gasteiger partial charge < -0.3 is 19.9 Å². The second-order valence-corrected chi connectivity index (χ2v) is 8.52. The molecule has 0 spiro atoms. The van der Waals surface area contributed by atoms with E-state index in [0.717, 1.165) is 6.42 Å². The van der Waals surface area contributed by atoms with Crippen molar-refractivity contribution in [2.75, 3.05) is 33.4 Å². The summed E-state index contributed by atoms with van der Waals surface area (Å²) in [7, 11) is 1.67. The number of benzene rings is 2. The van der Waals surface area contributed by atoms with Crippen LogP contribution in [-0.2, 0) is 9.53 Å². The predicted molar refractivity (Wildman–Crippen MR) is 121 cm³/mol. The fourth-order valence-electron chi connectivity index (χ4n) is 4.87. The maximum Gasteiger partial charge on any atom is 0.317 e. The zero-order valence-electron chi connectivity index (χ0n) is 18.5. The van der Waals surface area contributed by atoms with Crippen molar-refractivity contribution < 1.29 is 14.3 Å². The van der Waals surface area contributed by atoms with Gasteiger partial charge in [0.2, 0.25) is 5.91 Å². The summed E-state index contributed by atoms with van der Waals surface area (Å²) in [6.45, 7) is 5.90. The average Bonchev–Trinajstić information content (AvgIpc) is 2.76. The van der Waals surface area contributed by atoms with Gasteiger partial charge in [-0.2, -0.15) is 0 Å². The second-order valence-electron chi connectivity index (χ2n) is 8.52. The van der Waals surface area contributed by atoms with Crippen LogP contribution in [-0.4, -0.2) is 67.2 Å². The smallest absolute Gasteiger partial charge is 0.317 e. The van der Waals surface area contributed by atoms with Crippen molar-refractivity contribution >= 4 is 11.9 Å². The van der Waals surface area contributed by atoms with E-state index in [1.54, 1.807) is 12.0 Å². The number of aryl methyl sites for hydroxylation is 1. The number of piperazine rings is 1. The number of fused-ring (bicyclic) bond motifs is 1. The highest BCUT2D eigenvalue weighted by Gasteiger charge is 2.54. The quantitative estimate of drug-likeness (QED) is 0.778. The number of rotatable bonds is 6. The molecule has 2 aliphatic heterocycles. The average molecular weight is 422 g/mol. The highest BCUT2D eigenvalue weighted by molar-refractivity contribution is 5.87. The first-order valence-corrected chi connectivity index (χ1v) is 11.0. The zero-order chi connectivity index (χ0) is 22.0. The number of nitrogens with one attached hydrogen (secondary N) is 1. The molecule has 2 aliphatic rings. The molecule has 4 rings (SSSR count). The molecule has 3 atom stereocenters. The normalized spacial score (nSPS) is 22.7. The maximum atomic E-state index is 12.8. The molecule has 1 N–H and O–H groups in total. The number of methoxy groups -OCH3 is 1. The summed E-state index contributed by atoms with van der Waals surface area (Å²) >= 11 is 0. The van der Waals surface area contributed by atoms with E-state index in [1.165, 1.54) is 22.3 Å². The molecule has 31 heavy (non-hydrogen) atoms. The first kappa shape index (κ1) is 21.4. The monoisotopic (exact) mass is 421 g/mol. The Morgan fingerprint density at radius 2 is 1.94 bits per heavy atom. The molecule has 2 aromatic rings. The van der Waals surface area contributed by atoms with E-state index in [1.807, 2.05) is 11.8 Å². The molecule has 164 valence electrons. The zero-order valence-corrected chi connectivity index (χ0v) is 18.5. The lowest BCUT2D eigenvalue weighted by Crippen LogP contribution is -2.74. The van der Waals surface area contributed by atoms with Crippen LogP contribution in [0.25, 0.3) is 11.1 Å². The first-order chi connectivity index (χ1) is 15.0. The summed E-state index contributed by atoms with van der Waals surface area (Å²) in [5.74, 6) is 0.148. The van der Waals surface area contributed by atoms with Gasteiger partial charge in [-0.05, 0) is 30.0 Å². The van der Waals surface area contributed by atoms with Crippen molar-refractivity contribution in [3.8, 4) is 11.1 Å². The summed E-state index contributed by atoms with van der Waals surface area (Å²) in [6.07, 6.45) is 0.870. The van der Waals surface area contributed by atoms with Crippen LogP contribution in [0.5, 0.6) is 0 Å². The van der Waals surface area contributed by atoms with Gasteiger partial charge in [0, 0.05) is 26.1 Å². The van der Waals surface area contributed by atoms with Gasteiger partial charge in [-0.3, -0.25) is 4.79 Å². The van der Waals surface area contributed by atoms with Crippen LogP contribution in [0.15, 0.2) is 48.5 Å². The van der Waals surface area contributed by atoms with Gasteiger partial charge in [0.1, 0.15) is 6.54 Å². The number of hydrogen-bond donors (Lipinski definition) is 1. The minimum atomic E-state index is -0.154. The van der Waals surface area contributed by atoms with Gasteiger partial charge in [-0.1, -0.05) is 61.0 Å². The molecule has 0 aliphatic carbocycles. The number of nitrogens with zero attached hydrogens (tertiary/aromatic N) is 2. The van der Waals surface area contributed by atoms with E-state index in [0.29, 0.717) is 19.7 Å². The van der Waals surface area contributed by atoms with E-state index in [9.17, 15) is 9.59 Å². The lowest BCUT2D eigenvalue weighted by molar-refractivity contribution is -0.160. The molecule has 0 aromatic heterocycles. The number of carbonyl (C=O) groups excluding carboxylic acids is 2. The molecule has 2 fully saturated rings. The van der Waals surface area contributed by atoms with Gasteiger partial charge in [0.15, 0.2) is 0 Å². The first-order valence-electron chi connectivity index (χ1n) is 11.0. The third-order valence-electron chi connectivity index (χ3n) is 6.36. The summed E-state index contributed by atoms with van der Waals surface area (Å²) in [6, 6.07) is 16.9. The number of hydrogen-bond acceptors (Lipinski definition) is 3.